The number of ether oxygens (including phenoxy) is 1. The molecular weight excluding hydrogens is 162 g/mol. The van der Waals surface area contributed by atoms with E-state index in [1.165, 1.54) is 0 Å². The molecule has 0 radical (unpaired) electrons. The smallest absolute Gasteiger partial charge is 0.0833 e. The van der Waals surface area contributed by atoms with Gasteiger partial charge >= 0.3 is 0 Å². The number of nitrogens with zero attached hydrogens (tertiary/aromatic N) is 1. The Morgan fingerprint density at radius 3 is 2.18 bits per heavy atom. The van der Waals surface area contributed by atoms with Crippen molar-refractivity contribution in [3.8, 4) is 0 Å². The summed E-state index contributed by atoms with van der Waals surface area (Å²) < 4.78 is 5.16. The summed E-state index contributed by atoms with van der Waals surface area (Å²) in [7, 11) is 1.70. The lowest BCUT2D eigenvalue weighted by molar-refractivity contribution is 0.0831. The van der Waals surface area contributed by atoms with Gasteiger partial charge in [0.05, 0.1) is 6.10 Å². The molecular formula is C8H18ClNO. The van der Waals surface area contributed by atoms with E-state index in [9.17, 15) is 0 Å². The van der Waals surface area contributed by atoms with Gasteiger partial charge in [0.25, 0.3) is 0 Å². The standard InChI is InChI=1S/C8H18ClNO/c1-4-10(5-2)7-8(6-9)11-3/h8H,4-7H2,1-3H3/t8-/m1/s1. The fraction of sp³-hybridized carbons (Fsp3) is 1.00. The monoisotopic (exact) mass is 179 g/mol. The Morgan fingerprint density at radius 2 is 1.91 bits per heavy atom. The third-order valence-corrected chi connectivity index (χ3v) is 2.21. The van der Waals surface area contributed by atoms with Crippen molar-refractivity contribution >= 4 is 11.6 Å². The molecule has 11 heavy (non-hydrogen) atoms. The second-order valence-electron chi connectivity index (χ2n) is 2.50. The van der Waals surface area contributed by atoms with Crippen molar-refractivity contribution < 1.29 is 4.74 Å². The van der Waals surface area contributed by atoms with Gasteiger partial charge in [-0.2, -0.15) is 0 Å². The zero-order valence-corrected chi connectivity index (χ0v) is 8.40. The third-order valence-electron chi connectivity index (χ3n) is 1.86. The molecule has 0 fully saturated rings. The highest BCUT2D eigenvalue weighted by atomic mass is 35.5. The predicted molar refractivity (Wildman–Crippen MR) is 49.3 cm³/mol. The van der Waals surface area contributed by atoms with Crippen LogP contribution in [0.5, 0.6) is 0 Å². The first-order valence-corrected chi connectivity index (χ1v) is 4.63. The molecule has 0 spiro atoms. The van der Waals surface area contributed by atoms with Gasteiger partial charge in [0.2, 0.25) is 0 Å². The molecule has 0 aliphatic carbocycles. The second kappa shape index (κ2) is 6.89. The Balaban J connectivity index is 3.58. The molecule has 0 aromatic carbocycles. The van der Waals surface area contributed by atoms with Gasteiger partial charge in [0, 0.05) is 19.5 Å². The molecule has 0 heterocycles. The number of hydrogen-bond donors (Lipinski definition) is 0. The topological polar surface area (TPSA) is 12.5 Å². The summed E-state index contributed by atoms with van der Waals surface area (Å²) in [6.45, 7) is 7.35. The number of alkyl halides is 1. The molecule has 1 atom stereocenters. The average Bonchev–Trinajstić information content (AvgIpc) is 2.07. The minimum atomic E-state index is 0.177. The Labute approximate surface area is 74.5 Å². The number of likely N-dealkylation sites (N-methyl/N-ethyl adjacent to an activating group) is 1. The number of halogens is 1. The summed E-state index contributed by atoms with van der Waals surface area (Å²) in [6, 6.07) is 0. The lowest BCUT2D eigenvalue weighted by atomic mass is 10.3. The molecule has 0 aliphatic heterocycles. The number of hydrogen-bond acceptors (Lipinski definition) is 2. The Kier molecular flexibility index (Phi) is 7.02. The minimum absolute atomic E-state index is 0.177. The summed E-state index contributed by atoms with van der Waals surface area (Å²) in [5.41, 5.74) is 0. The largest absolute Gasteiger partial charge is 0.379 e. The maximum atomic E-state index is 5.67. The Hall–Kier alpha value is 0.210. The van der Waals surface area contributed by atoms with E-state index in [1.54, 1.807) is 7.11 Å². The lowest BCUT2D eigenvalue weighted by Gasteiger charge is -2.22. The molecule has 0 N–H and O–H groups in total. The summed E-state index contributed by atoms with van der Waals surface area (Å²) >= 11 is 5.67. The van der Waals surface area contributed by atoms with Crippen LogP contribution in [0.15, 0.2) is 0 Å². The van der Waals surface area contributed by atoms with Gasteiger partial charge < -0.3 is 9.64 Å². The number of rotatable bonds is 6. The summed E-state index contributed by atoms with van der Waals surface area (Å²) in [5, 5.41) is 0. The van der Waals surface area contributed by atoms with Crippen molar-refractivity contribution in [2.75, 3.05) is 32.6 Å². The Morgan fingerprint density at radius 1 is 1.36 bits per heavy atom. The molecule has 0 unspecified atom stereocenters. The van der Waals surface area contributed by atoms with Crippen molar-refractivity contribution in [2.45, 2.75) is 20.0 Å². The van der Waals surface area contributed by atoms with E-state index >= 15 is 0 Å². The van der Waals surface area contributed by atoms with Crippen LogP contribution in [0.1, 0.15) is 13.8 Å². The van der Waals surface area contributed by atoms with Crippen molar-refractivity contribution in [3.63, 3.8) is 0 Å². The van der Waals surface area contributed by atoms with Crippen LogP contribution in [0.4, 0.5) is 0 Å². The van der Waals surface area contributed by atoms with Gasteiger partial charge in [-0.15, -0.1) is 11.6 Å². The first-order chi connectivity index (χ1) is 5.28. The van der Waals surface area contributed by atoms with Gasteiger partial charge in [-0.05, 0) is 13.1 Å². The molecule has 0 saturated carbocycles. The van der Waals surface area contributed by atoms with E-state index in [-0.39, 0.29) is 6.10 Å². The molecule has 2 nitrogen and oxygen atoms in total. The summed E-state index contributed by atoms with van der Waals surface area (Å²) in [6.07, 6.45) is 0.177. The van der Waals surface area contributed by atoms with E-state index in [0.717, 1.165) is 19.6 Å². The predicted octanol–water partition coefficient (Wildman–Crippen LogP) is 1.58. The molecule has 68 valence electrons. The molecule has 0 aromatic rings. The van der Waals surface area contributed by atoms with Gasteiger partial charge in [-0.1, -0.05) is 13.8 Å². The molecule has 0 bridgehead atoms. The molecule has 0 amide bonds. The highest BCUT2D eigenvalue weighted by molar-refractivity contribution is 6.18. The van der Waals surface area contributed by atoms with E-state index in [0.29, 0.717) is 5.88 Å². The van der Waals surface area contributed by atoms with Crippen molar-refractivity contribution in [1.29, 1.82) is 0 Å². The zero-order valence-electron chi connectivity index (χ0n) is 7.64. The normalized spacial score (nSPS) is 13.9. The van der Waals surface area contributed by atoms with Gasteiger partial charge in [-0.25, -0.2) is 0 Å². The van der Waals surface area contributed by atoms with Crippen LogP contribution < -0.4 is 0 Å². The van der Waals surface area contributed by atoms with Crippen molar-refractivity contribution in [3.05, 3.63) is 0 Å². The zero-order chi connectivity index (χ0) is 8.69. The van der Waals surface area contributed by atoms with Crippen LogP contribution in [-0.2, 0) is 4.74 Å². The molecule has 0 saturated heterocycles. The summed E-state index contributed by atoms with van der Waals surface area (Å²) in [5.74, 6) is 0.576. The van der Waals surface area contributed by atoms with Gasteiger partial charge in [0.15, 0.2) is 0 Å². The molecule has 0 rings (SSSR count). The van der Waals surface area contributed by atoms with Crippen LogP contribution in [0, 0.1) is 0 Å². The van der Waals surface area contributed by atoms with E-state index < -0.39 is 0 Å². The second-order valence-corrected chi connectivity index (χ2v) is 2.81. The first-order valence-electron chi connectivity index (χ1n) is 4.09. The van der Waals surface area contributed by atoms with Gasteiger partial charge in [0.1, 0.15) is 0 Å². The van der Waals surface area contributed by atoms with Crippen LogP contribution >= 0.6 is 11.6 Å². The quantitative estimate of drug-likeness (QED) is 0.575. The fourth-order valence-corrected chi connectivity index (χ4v) is 1.18. The highest BCUT2D eigenvalue weighted by Crippen LogP contribution is 1.97. The molecule has 3 heteroatoms. The summed E-state index contributed by atoms with van der Waals surface area (Å²) in [4.78, 5) is 2.30. The van der Waals surface area contributed by atoms with Crippen molar-refractivity contribution in [2.24, 2.45) is 0 Å². The van der Waals surface area contributed by atoms with Crippen LogP contribution in [0.25, 0.3) is 0 Å². The fourth-order valence-electron chi connectivity index (χ4n) is 0.956. The van der Waals surface area contributed by atoms with E-state index in [2.05, 4.69) is 18.7 Å². The molecule has 0 aromatic heterocycles. The average molecular weight is 180 g/mol. The lowest BCUT2D eigenvalue weighted by Crippen LogP contribution is -2.34. The Bertz CT molecular complexity index is 72.2. The maximum Gasteiger partial charge on any atom is 0.0833 e. The third kappa shape index (κ3) is 4.62. The van der Waals surface area contributed by atoms with Gasteiger partial charge in [-0.3, -0.25) is 0 Å². The first kappa shape index (κ1) is 11.2. The van der Waals surface area contributed by atoms with E-state index in [1.807, 2.05) is 0 Å². The molecule has 0 aliphatic rings. The van der Waals surface area contributed by atoms with E-state index in [4.69, 9.17) is 16.3 Å². The highest BCUT2D eigenvalue weighted by Gasteiger charge is 2.08. The van der Waals surface area contributed by atoms with Crippen molar-refractivity contribution in [1.82, 2.24) is 4.90 Å². The maximum absolute atomic E-state index is 5.67. The van der Waals surface area contributed by atoms with Crippen LogP contribution in [0.3, 0.4) is 0 Å². The SMILES string of the molecule is CCN(CC)C[C@@H](CCl)OC. The number of methoxy groups -OCH3 is 1. The van der Waals surface area contributed by atoms with Crippen LogP contribution in [-0.4, -0.2) is 43.6 Å². The van der Waals surface area contributed by atoms with Crippen LogP contribution in [0.2, 0.25) is 0 Å². The minimum Gasteiger partial charge on any atom is -0.379 e.